The first kappa shape index (κ1) is 13.9. The quantitative estimate of drug-likeness (QED) is 0.567. The van der Waals surface area contributed by atoms with Crippen molar-refractivity contribution in [2.24, 2.45) is 0 Å². The summed E-state index contributed by atoms with van der Waals surface area (Å²) in [5.74, 6) is -1.84. The Bertz CT molecular complexity index is 645. The van der Waals surface area contributed by atoms with Gasteiger partial charge in [-0.25, -0.2) is 19.4 Å². The van der Waals surface area contributed by atoms with E-state index < -0.39 is 11.9 Å². The van der Waals surface area contributed by atoms with Gasteiger partial charge in [0.25, 0.3) is 0 Å². The number of hydrogen-bond acceptors (Lipinski definition) is 9. The number of carboxylic acid groups (broad SMARTS) is 1. The molecular weight excluding hydrogens is 288 g/mol. The second kappa shape index (κ2) is 6.06. The Morgan fingerprint density at radius 1 is 1.50 bits per heavy atom. The van der Waals surface area contributed by atoms with E-state index in [-0.39, 0.29) is 17.5 Å². The molecule has 2 aromatic rings. The Morgan fingerprint density at radius 3 is 3.00 bits per heavy atom. The number of aliphatic carboxylic acids is 1. The Kier molecular flexibility index (Phi) is 4.20. The average Bonchev–Trinajstić information content (AvgIpc) is 2.84. The summed E-state index contributed by atoms with van der Waals surface area (Å²) in [4.78, 5) is 29.7. The lowest BCUT2D eigenvalue weighted by molar-refractivity contribution is -0.138. The molecule has 0 spiro atoms. The third-order valence-corrected chi connectivity index (χ3v) is 2.89. The number of rotatable bonds is 5. The van der Waals surface area contributed by atoms with Crippen LogP contribution in [-0.4, -0.2) is 54.3 Å². The number of hydrogen-bond donors (Lipinski definition) is 1. The highest BCUT2D eigenvalue weighted by atomic mass is 32.2. The van der Waals surface area contributed by atoms with E-state index in [1.54, 1.807) is 0 Å². The molecule has 0 aliphatic rings. The molecule has 20 heavy (non-hydrogen) atoms. The molecule has 0 saturated carbocycles. The summed E-state index contributed by atoms with van der Waals surface area (Å²) < 4.78 is 5.61. The molecular formula is C9H8N6O4S. The molecule has 2 rings (SSSR count). The van der Waals surface area contributed by atoms with Crippen LogP contribution in [0.5, 0.6) is 0 Å². The maximum absolute atomic E-state index is 11.3. The van der Waals surface area contributed by atoms with E-state index in [9.17, 15) is 9.59 Å². The number of carbonyl (C=O) groups is 2. The fraction of sp³-hybridized carbons (Fsp3) is 0.222. The molecule has 0 unspecified atom stereocenters. The van der Waals surface area contributed by atoms with Crippen molar-refractivity contribution in [3.63, 3.8) is 0 Å². The zero-order valence-corrected chi connectivity index (χ0v) is 10.9. The number of esters is 1. The van der Waals surface area contributed by atoms with Crippen LogP contribution in [0.1, 0.15) is 10.6 Å². The van der Waals surface area contributed by atoms with Crippen LogP contribution in [0.15, 0.2) is 22.4 Å². The van der Waals surface area contributed by atoms with Gasteiger partial charge >= 0.3 is 11.9 Å². The first-order chi connectivity index (χ1) is 9.60. The number of carbonyl (C=O) groups excluding carboxylic acids is 1. The van der Waals surface area contributed by atoms with Crippen LogP contribution in [0.2, 0.25) is 0 Å². The smallest absolute Gasteiger partial charge is 0.376 e. The number of carboxylic acids is 1. The minimum Gasteiger partial charge on any atom is -0.480 e. The van der Waals surface area contributed by atoms with E-state index in [0.717, 1.165) is 16.4 Å². The van der Waals surface area contributed by atoms with Crippen molar-refractivity contribution in [1.29, 1.82) is 0 Å². The van der Waals surface area contributed by atoms with Gasteiger partial charge in [-0.3, -0.25) is 4.79 Å². The lowest BCUT2D eigenvalue weighted by Gasteiger charge is -2.02. The monoisotopic (exact) mass is 296 g/mol. The first-order valence-corrected chi connectivity index (χ1v) is 5.99. The number of methoxy groups -OCH3 is 1. The molecule has 0 radical (unpaired) electrons. The van der Waals surface area contributed by atoms with Gasteiger partial charge in [-0.2, -0.15) is 0 Å². The molecule has 11 heteroatoms. The van der Waals surface area contributed by atoms with Crippen LogP contribution in [0.25, 0.3) is 0 Å². The maximum Gasteiger partial charge on any atom is 0.376 e. The lowest BCUT2D eigenvalue weighted by Crippen LogP contribution is -2.11. The minimum atomic E-state index is -1.07. The van der Waals surface area contributed by atoms with Crippen LogP contribution in [0, 0.1) is 0 Å². The fourth-order valence-corrected chi connectivity index (χ4v) is 1.91. The Morgan fingerprint density at radius 2 is 2.30 bits per heavy atom. The summed E-state index contributed by atoms with van der Waals surface area (Å²) in [5, 5.41) is 20.0. The summed E-state index contributed by atoms with van der Waals surface area (Å²) in [6.07, 6.45) is 1.38. The topological polar surface area (TPSA) is 133 Å². The highest BCUT2D eigenvalue weighted by Crippen LogP contribution is 2.22. The standard InChI is InChI=1S/C9H8N6O4S/c1-19-8(18)7-10-3-2-5(11-7)20-9-12-13-14-15(9)4-6(16)17/h2-3H,4H2,1H3,(H,16,17). The predicted molar refractivity (Wildman–Crippen MR) is 62.9 cm³/mol. The van der Waals surface area contributed by atoms with Gasteiger partial charge in [-0.15, -0.1) is 5.10 Å². The highest BCUT2D eigenvalue weighted by Gasteiger charge is 2.14. The zero-order chi connectivity index (χ0) is 14.5. The summed E-state index contributed by atoms with van der Waals surface area (Å²) in [6.45, 7) is -0.371. The van der Waals surface area contributed by atoms with Crippen molar-refractivity contribution in [3.05, 3.63) is 18.1 Å². The fourth-order valence-electron chi connectivity index (χ4n) is 1.18. The highest BCUT2D eigenvalue weighted by molar-refractivity contribution is 7.99. The van der Waals surface area contributed by atoms with Crippen molar-refractivity contribution in [1.82, 2.24) is 30.2 Å². The molecule has 0 bridgehead atoms. The van der Waals surface area contributed by atoms with Gasteiger partial charge in [-0.05, 0) is 28.3 Å². The number of tetrazole rings is 1. The van der Waals surface area contributed by atoms with Gasteiger partial charge < -0.3 is 9.84 Å². The van der Waals surface area contributed by atoms with Gasteiger partial charge in [-0.1, -0.05) is 0 Å². The maximum atomic E-state index is 11.3. The predicted octanol–water partition coefficient (Wildman–Crippen LogP) is -0.515. The van der Waals surface area contributed by atoms with Crippen LogP contribution < -0.4 is 0 Å². The Hall–Kier alpha value is -2.56. The molecule has 1 N–H and O–H groups in total. The van der Waals surface area contributed by atoms with Crippen molar-refractivity contribution in [2.45, 2.75) is 16.7 Å². The lowest BCUT2D eigenvalue weighted by atomic mass is 10.5. The number of aromatic nitrogens is 6. The zero-order valence-electron chi connectivity index (χ0n) is 10.1. The van der Waals surface area contributed by atoms with E-state index >= 15 is 0 Å². The van der Waals surface area contributed by atoms with Crippen LogP contribution in [0.3, 0.4) is 0 Å². The third-order valence-electron chi connectivity index (χ3n) is 1.98. The van der Waals surface area contributed by atoms with Gasteiger partial charge in [0.15, 0.2) is 0 Å². The molecule has 2 aromatic heterocycles. The second-order valence-electron chi connectivity index (χ2n) is 3.32. The van der Waals surface area contributed by atoms with Crippen LogP contribution in [0.4, 0.5) is 0 Å². The molecule has 0 aliphatic heterocycles. The Labute approximate surface area is 116 Å². The van der Waals surface area contributed by atoms with Gasteiger partial charge in [0, 0.05) is 6.20 Å². The molecule has 0 atom stereocenters. The largest absolute Gasteiger partial charge is 0.480 e. The minimum absolute atomic E-state index is 0.102. The summed E-state index contributed by atoms with van der Waals surface area (Å²) >= 11 is 1.01. The Balaban J connectivity index is 2.20. The van der Waals surface area contributed by atoms with E-state index in [4.69, 9.17) is 5.11 Å². The SMILES string of the molecule is COC(=O)c1nccc(Sc2nnnn2CC(=O)O)n1. The van der Waals surface area contributed by atoms with Crippen molar-refractivity contribution < 1.29 is 19.4 Å². The van der Waals surface area contributed by atoms with Crippen molar-refractivity contribution in [3.8, 4) is 0 Å². The van der Waals surface area contributed by atoms with E-state index in [1.165, 1.54) is 19.4 Å². The summed E-state index contributed by atoms with van der Waals surface area (Å²) in [6, 6.07) is 1.54. The normalized spacial score (nSPS) is 10.2. The molecule has 104 valence electrons. The van der Waals surface area contributed by atoms with Gasteiger partial charge in [0.05, 0.1) is 7.11 Å². The van der Waals surface area contributed by atoms with Crippen molar-refractivity contribution in [2.75, 3.05) is 7.11 Å². The van der Waals surface area contributed by atoms with Gasteiger partial charge in [0.1, 0.15) is 11.6 Å². The molecule has 0 amide bonds. The number of nitrogens with zero attached hydrogens (tertiary/aromatic N) is 6. The number of ether oxygens (including phenoxy) is 1. The van der Waals surface area contributed by atoms with Crippen molar-refractivity contribution >= 4 is 23.7 Å². The molecule has 0 saturated heterocycles. The van der Waals surface area contributed by atoms with E-state index in [0.29, 0.717) is 5.03 Å². The van der Waals surface area contributed by atoms with Crippen LogP contribution >= 0.6 is 11.8 Å². The van der Waals surface area contributed by atoms with Gasteiger partial charge in [0.2, 0.25) is 11.0 Å². The third kappa shape index (κ3) is 3.26. The summed E-state index contributed by atoms with van der Waals surface area (Å²) in [5.41, 5.74) is 0. The van der Waals surface area contributed by atoms with Crippen LogP contribution in [-0.2, 0) is 16.1 Å². The average molecular weight is 296 g/mol. The first-order valence-electron chi connectivity index (χ1n) is 5.17. The molecule has 10 nitrogen and oxygen atoms in total. The molecule has 0 fully saturated rings. The molecule has 2 heterocycles. The van der Waals surface area contributed by atoms with E-state index in [2.05, 4.69) is 30.2 Å². The second-order valence-corrected chi connectivity index (χ2v) is 4.31. The summed E-state index contributed by atoms with van der Waals surface area (Å²) in [7, 11) is 1.22. The molecule has 0 aliphatic carbocycles. The molecule has 0 aromatic carbocycles. The van der Waals surface area contributed by atoms with E-state index in [1.807, 2.05) is 0 Å².